The number of amides is 1. The summed E-state index contributed by atoms with van der Waals surface area (Å²) in [5.41, 5.74) is -0.0795. The van der Waals surface area contributed by atoms with E-state index in [1.54, 1.807) is 6.07 Å². The Morgan fingerprint density at radius 3 is 2.74 bits per heavy atom. The van der Waals surface area contributed by atoms with E-state index in [0.29, 0.717) is 17.9 Å². The smallest absolute Gasteiger partial charge is 0.355 e. The van der Waals surface area contributed by atoms with E-state index < -0.39 is 11.7 Å². The van der Waals surface area contributed by atoms with Crippen LogP contribution in [0.25, 0.3) is 0 Å². The molecule has 19 heavy (non-hydrogen) atoms. The van der Waals surface area contributed by atoms with E-state index in [2.05, 4.69) is 5.32 Å². The molecule has 0 bridgehead atoms. The van der Waals surface area contributed by atoms with Gasteiger partial charge in [0.25, 0.3) is 0 Å². The van der Waals surface area contributed by atoms with Gasteiger partial charge >= 0.3 is 6.18 Å². The summed E-state index contributed by atoms with van der Waals surface area (Å²) in [6.07, 6.45) is -3.46. The Kier molecular flexibility index (Phi) is 6.21. The lowest BCUT2D eigenvalue weighted by molar-refractivity contribution is -0.137. The maximum absolute atomic E-state index is 12.5. The Balaban J connectivity index is 2.44. The van der Waals surface area contributed by atoms with Gasteiger partial charge in [0, 0.05) is 12.3 Å². The molecule has 0 radical (unpaired) electrons. The fourth-order valence-corrected chi connectivity index (χ4v) is 2.22. The zero-order chi connectivity index (χ0) is 14.3. The molecule has 1 N–H and O–H groups in total. The van der Waals surface area contributed by atoms with Crippen molar-refractivity contribution in [1.82, 2.24) is 5.32 Å². The van der Waals surface area contributed by atoms with Gasteiger partial charge in [-0.1, -0.05) is 25.1 Å². The summed E-state index contributed by atoms with van der Waals surface area (Å²) in [6.45, 7) is 2.58. The van der Waals surface area contributed by atoms with Gasteiger partial charge in [-0.05, 0) is 18.1 Å². The van der Waals surface area contributed by atoms with Gasteiger partial charge < -0.3 is 5.32 Å². The summed E-state index contributed by atoms with van der Waals surface area (Å²) in [6, 6.07) is 5.18. The van der Waals surface area contributed by atoms with Gasteiger partial charge in [-0.2, -0.15) is 13.2 Å². The van der Waals surface area contributed by atoms with Crippen molar-refractivity contribution >= 4 is 17.7 Å². The molecular weight excluding hydrogens is 275 g/mol. The second-order valence-electron chi connectivity index (χ2n) is 4.04. The number of carbonyl (C=O) groups is 1. The molecule has 1 aromatic rings. The van der Waals surface area contributed by atoms with Crippen LogP contribution < -0.4 is 5.32 Å². The number of carbonyl (C=O) groups excluding carboxylic acids is 1. The summed E-state index contributed by atoms with van der Waals surface area (Å²) in [7, 11) is 0. The monoisotopic (exact) mass is 291 g/mol. The third kappa shape index (κ3) is 6.00. The molecule has 1 amide bonds. The first-order valence-corrected chi connectivity index (χ1v) is 7.09. The molecule has 0 aromatic heterocycles. The van der Waals surface area contributed by atoms with Gasteiger partial charge in [-0.3, -0.25) is 4.79 Å². The number of halogens is 3. The predicted molar refractivity (Wildman–Crippen MR) is 70.9 cm³/mol. The molecule has 0 spiro atoms. The normalized spacial score (nSPS) is 11.4. The number of nitrogens with one attached hydrogen (secondary N) is 1. The number of alkyl halides is 3. The van der Waals surface area contributed by atoms with Crippen molar-refractivity contribution in [3.63, 3.8) is 0 Å². The molecule has 0 fully saturated rings. The summed E-state index contributed by atoms with van der Waals surface area (Å²) in [5, 5.41) is 2.71. The van der Waals surface area contributed by atoms with Gasteiger partial charge in [-0.15, -0.1) is 11.8 Å². The molecule has 0 saturated heterocycles. The Hall–Kier alpha value is -1.17. The zero-order valence-corrected chi connectivity index (χ0v) is 11.4. The van der Waals surface area contributed by atoms with E-state index in [4.69, 9.17) is 0 Å². The number of hydrogen-bond acceptors (Lipinski definition) is 2. The Labute approximate surface area is 114 Å². The van der Waals surface area contributed by atoms with E-state index in [1.165, 1.54) is 17.8 Å². The molecule has 0 unspecified atom stereocenters. The fourth-order valence-electron chi connectivity index (χ4n) is 1.41. The minimum Gasteiger partial charge on any atom is -0.355 e. The standard InChI is InChI=1S/C13H16F3NOS/c1-2-6-17-12(18)9-19-8-10-4-3-5-11(7-10)13(14,15)16/h3-5,7H,2,6,8-9H2,1H3,(H,17,18). The number of hydrogen-bond donors (Lipinski definition) is 1. The number of rotatable bonds is 6. The molecule has 0 aliphatic rings. The van der Waals surface area contributed by atoms with E-state index >= 15 is 0 Å². The first-order chi connectivity index (χ1) is 8.93. The molecule has 0 aliphatic heterocycles. The molecule has 106 valence electrons. The molecule has 0 aliphatic carbocycles. The van der Waals surface area contributed by atoms with Crippen molar-refractivity contribution in [1.29, 1.82) is 0 Å². The van der Waals surface area contributed by atoms with Gasteiger partial charge in [0.15, 0.2) is 0 Å². The quantitative estimate of drug-likeness (QED) is 0.869. The van der Waals surface area contributed by atoms with Crippen LogP contribution in [0.5, 0.6) is 0 Å². The molecule has 0 atom stereocenters. The number of benzene rings is 1. The average Bonchev–Trinajstić information content (AvgIpc) is 2.36. The van der Waals surface area contributed by atoms with Crippen molar-refractivity contribution in [2.75, 3.05) is 12.3 Å². The summed E-state index contributed by atoms with van der Waals surface area (Å²) < 4.78 is 37.5. The predicted octanol–water partition coefficient (Wildman–Crippen LogP) is 3.46. The molecule has 2 nitrogen and oxygen atoms in total. The van der Waals surface area contributed by atoms with Gasteiger partial charge in [-0.25, -0.2) is 0 Å². The van der Waals surface area contributed by atoms with E-state index in [1.807, 2.05) is 6.92 Å². The molecule has 0 saturated carbocycles. The average molecular weight is 291 g/mol. The molecule has 0 heterocycles. The largest absolute Gasteiger partial charge is 0.416 e. The van der Waals surface area contributed by atoms with Crippen molar-refractivity contribution in [2.24, 2.45) is 0 Å². The van der Waals surface area contributed by atoms with Crippen LogP contribution in [0, 0.1) is 0 Å². The molecule has 1 aromatic carbocycles. The van der Waals surface area contributed by atoms with Crippen LogP contribution in [-0.2, 0) is 16.7 Å². The second-order valence-corrected chi connectivity index (χ2v) is 5.03. The van der Waals surface area contributed by atoms with Crippen molar-refractivity contribution in [3.05, 3.63) is 35.4 Å². The topological polar surface area (TPSA) is 29.1 Å². The highest BCUT2D eigenvalue weighted by molar-refractivity contribution is 7.99. The summed E-state index contributed by atoms with van der Waals surface area (Å²) >= 11 is 1.30. The highest BCUT2D eigenvalue weighted by atomic mass is 32.2. The number of thioether (sulfide) groups is 1. The van der Waals surface area contributed by atoms with E-state index in [-0.39, 0.29) is 11.7 Å². The highest BCUT2D eigenvalue weighted by Crippen LogP contribution is 2.30. The third-order valence-electron chi connectivity index (χ3n) is 2.33. The summed E-state index contributed by atoms with van der Waals surface area (Å²) in [4.78, 5) is 11.3. The maximum Gasteiger partial charge on any atom is 0.416 e. The van der Waals surface area contributed by atoms with Crippen LogP contribution in [0.1, 0.15) is 24.5 Å². The minimum absolute atomic E-state index is 0.0844. The lowest BCUT2D eigenvalue weighted by atomic mass is 10.1. The molecule has 6 heteroatoms. The molecular formula is C13H16F3NOS. The minimum atomic E-state index is -4.32. The van der Waals surface area contributed by atoms with Crippen LogP contribution in [-0.4, -0.2) is 18.2 Å². The first kappa shape index (κ1) is 15.9. The zero-order valence-electron chi connectivity index (χ0n) is 10.6. The fraction of sp³-hybridized carbons (Fsp3) is 0.462. The Morgan fingerprint density at radius 1 is 1.37 bits per heavy atom. The van der Waals surface area contributed by atoms with E-state index in [9.17, 15) is 18.0 Å². The SMILES string of the molecule is CCCNC(=O)CSCc1cccc(C(F)(F)F)c1. The van der Waals surface area contributed by atoms with Crippen LogP contribution in [0.2, 0.25) is 0 Å². The van der Waals surface area contributed by atoms with Crippen LogP contribution in [0.4, 0.5) is 13.2 Å². The lowest BCUT2D eigenvalue weighted by Gasteiger charge is -2.08. The Bertz CT molecular complexity index is 421. The van der Waals surface area contributed by atoms with Gasteiger partial charge in [0.2, 0.25) is 5.91 Å². The van der Waals surface area contributed by atoms with Crippen LogP contribution >= 0.6 is 11.8 Å². The van der Waals surface area contributed by atoms with E-state index in [0.717, 1.165) is 18.6 Å². The van der Waals surface area contributed by atoms with Crippen molar-refractivity contribution in [2.45, 2.75) is 25.3 Å². The second kappa shape index (κ2) is 7.43. The third-order valence-corrected chi connectivity index (χ3v) is 3.33. The Morgan fingerprint density at radius 2 is 2.11 bits per heavy atom. The van der Waals surface area contributed by atoms with Gasteiger partial charge in [0.05, 0.1) is 11.3 Å². The van der Waals surface area contributed by atoms with Crippen LogP contribution in [0.3, 0.4) is 0 Å². The summed E-state index contributed by atoms with van der Waals surface area (Å²) in [5.74, 6) is 0.568. The van der Waals surface area contributed by atoms with Crippen molar-refractivity contribution in [3.8, 4) is 0 Å². The van der Waals surface area contributed by atoms with Crippen LogP contribution in [0.15, 0.2) is 24.3 Å². The molecule has 1 rings (SSSR count). The maximum atomic E-state index is 12.5. The van der Waals surface area contributed by atoms with Gasteiger partial charge in [0.1, 0.15) is 0 Å². The van der Waals surface area contributed by atoms with Crippen molar-refractivity contribution < 1.29 is 18.0 Å². The lowest BCUT2D eigenvalue weighted by Crippen LogP contribution is -2.25. The highest BCUT2D eigenvalue weighted by Gasteiger charge is 2.30. The first-order valence-electron chi connectivity index (χ1n) is 5.94.